The van der Waals surface area contributed by atoms with Gasteiger partial charge >= 0.3 is 0 Å². The van der Waals surface area contributed by atoms with Crippen LogP contribution in [0.25, 0.3) is 0 Å². The van der Waals surface area contributed by atoms with E-state index in [4.69, 9.17) is 4.74 Å². The second kappa shape index (κ2) is 4.94. The Labute approximate surface area is 111 Å². The summed E-state index contributed by atoms with van der Waals surface area (Å²) < 4.78 is 5.63. The molecule has 1 aromatic carbocycles. The van der Waals surface area contributed by atoms with E-state index in [1.54, 1.807) is 0 Å². The number of thioether (sulfide) groups is 1. The van der Waals surface area contributed by atoms with Crippen molar-refractivity contribution in [3.8, 4) is 5.75 Å². The highest BCUT2D eigenvalue weighted by Gasteiger charge is 2.30. The van der Waals surface area contributed by atoms with E-state index >= 15 is 0 Å². The molecule has 1 unspecified atom stereocenters. The fraction of sp³-hybridized carbons (Fsp3) is 0.500. The van der Waals surface area contributed by atoms with Crippen molar-refractivity contribution in [2.45, 2.75) is 12.5 Å². The number of carbonyl (C=O) groups is 1. The van der Waals surface area contributed by atoms with E-state index < -0.39 is 0 Å². The Balaban J connectivity index is 1.90. The van der Waals surface area contributed by atoms with Crippen molar-refractivity contribution in [3.05, 3.63) is 29.3 Å². The number of hydrogen-bond acceptors (Lipinski definition) is 4. The summed E-state index contributed by atoms with van der Waals surface area (Å²) in [5.41, 5.74) is 1.94. The molecular formula is C14H17NO2S. The average molecular weight is 263 g/mol. The number of Topliss-reactive ketones (excluding diaryl/α,β-unsaturated/α-hetero) is 1. The Kier molecular flexibility index (Phi) is 3.31. The zero-order valence-electron chi connectivity index (χ0n) is 10.5. The van der Waals surface area contributed by atoms with E-state index in [-0.39, 0.29) is 11.8 Å². The van der Waals surface area contributed by atoms with E-state index in [1.165, 1.54) is 5.56 Å². The van der Waals surface area contributed by atoms with Crippen LogP contribution in [-0.4, -0.2) is 48.4 Å². The van der Waals surface area contributed by atoms with Crippen LogP contribution in [0, 0.1) is 0 Å². The molecule has 18 heavy (non-hydrogen) atoms. The van der Waals surface area contributed by atoms with E-state index in [2.05, 4.69) is 11.0 Å². The van der Waals surface area contributed by atoms with Gasteiger partial charge in [-0.1, -0.05) is 12.1 Å². The summed E-state index contributed by atoms with van der Waals surface area (Å²) >= 11 is 1.86. The number of rotatable bonds is 2. The summed E-state index contributed by atoms with van der Waals surface area (Å²) in [4.78, 5) is 14.8. The van der Waals surface area contributed by atoms with Gasteiger partial charge in [-0.05, 0) is 18.7 Å². The number of benzene rings is 1. The van der Waals surface area contributed by atoms with Gasteiger partial charge in [0.2, 0.25) is 0 Å². The molecule has 2 aliphatic rings. The number of nitrogens with zero attached hydrogens (tertiary/aromatic N) is 1. The van der Waals surface area contributed by atoms with Crippen LogP contribution in [0.4, 0.5) is 0 Å². The molecule has 0 spiro atoms. The normalized spacial score (nSPS) is 23.5. The second-order valence-electron chi connectivity index (χ2n) is 4.83. The molecule has 4 heteroatoms. The lowest BCUT2D eigenvalue weighted by atomic mass is 10.00. The Morgan fingerprint density at radius 1 is 1.50 bits per heavy atom. The number of likely N-dealkylation sites (N-methyl/N-ethyl adjacent to an activating group) is 1. The van der Waals surface area contributed by atoms with Crippen molar-refractivity contribution in [3.63, 3.8) is 0 Å². The third kappa shape index (κ3) is 2.04. The van der Waals surface area contributed by atoms with Crippen molar-refractivity contribution in [2.24, 2.45) is 0 Å². The van der Waals surface area contributed by atoms with Crippen LogP contribution < -0.4 is 4.74 Å². The largest absolute Gasteiger partial charge is 0.492 e. The maximum Gasteiger partial charge on any atom is 0.184 e. The maximum absolute atomic E-state index is 12.6. The van der Waals surface area contributed by atoms with Crippen LogP contribution in [-0.2, 0) is 6.42 Å². The van der Waals surface area contributed by atoms with Crippen molar-refractivity contribution in [1.29, 1.82) is 0 Å². The molecule has 0 N–H and O–H groups in total. The maximum atomic E-state index is 12.6. The van der Waals surface area contributed by atoms with Gasteiger partial charge in [-0.2, -0.15) is 11.8 Å². The number of para-hydroxylation sites is 1. The summed E-state index contributed by atoms with van der Waals surface area (Å²) in [5.74, 6) is 3.04. The second-order valence-corrected chi connectivity index (χ2v) is 5.98. The van der Waals surface area contributed by atoms with E-state index in [0.717, 1.165) is 35.8 Å². The zero-order chi connectivity index (χ0) is 12.5. The topological polar surface area (TPSA) is 29.5 Å². The lowest BCUT2D eigenvalue weighted by Gasteiger charge is -2.31. The highest BCUT2D eigenvalue weighted by Crippen LogP contribution is 2.31. The number of fused-ring (bicyclic) bond motifs is 1. The standard InChI is InChI=1S/C14H17NO2S/c1-15-6-8-18-9-12(15)13(16)11-4-2-3-10-5-7-17-14(10)11/h2-4,12H,5-9H2,1H3. The third-order valence-electron chi connectivity index (χ3n) is 3.68. The van der Waals surface area contributed by atoms with E-state index in [9.17, 15) is 4.79 Å². The number of ketones is 1. The molecule has 2 aliphatic heterocycles. The smallest absolute Gasteiger partial charge is 0.184 e. The van der Waals surface area contributed by atoms with Gasteiger partial charge in [0.05, 0.1) is 18.2 Å². The fourth-order valence-electron chi connectivity index (χ4n) is 2.55. The van der Waals surface area contributed by atoms with Gasteiger partial charge < -0.3 is 4.74 Å². The summed E-state index contributed by atoms with van der Waals surface area (Å²) in [5, 5.41) is 0. The Hall–Kier alpha value is -1.00. The molecule has 2 heterocycles. The Morgan fingerprint density at radius 3 is 3.22 bits per heavy atom. The van der Waals surface area contributed by atoms with Gasteiger partial charge in [0.15, 0.2) is 5.78 Å². The van der Waals surface area contributed by atoms with Gasteiger partial charge in [-0.15, -0.1) is 0 Å². The highest BCUT2D eigenvalue weighted by molar-refractivity contribution is 7.99. The molecule has 0 amide bonds. The molecule has 1 aromatic rings. The molecule has 0 aliphatic carbocycles. The quantitative estimate of drug-likeness (QED) is 0.762. The average Bonchev–Trinajstić information content (AvgIpc) is 2.86. The van der Waals surface area contributed by atoms with Gasteiger partial charge in [0.25, 0.3) is 0 Å². The predicted molar refractivity (Wildman–Crippen MR) is 73.7 cm³/mol. The number of ether oxygens (including phenoxy) is 1. The van der Waals surface area contributed by atoms with Gasteiger partial charge in [-0.25, -0.2) is 0 Å². The Morgan fingerprint density at radius 2 is 2.39 bits per heavy atom. The minimum Gasteiger partial charge on any atom is -0.492 e. The molecule has 0 radical (unpaired) electrons. The van der Waals surface area contributed by atoms with Crippen LogP contribution in [0.2, 0.25) is 0 Å². The molecule has 3 nitrogen and oxygen atoms in total. The van der Waals surface area contributed by atoms with Crippen LogP contribution in [0.1, 0.15) is 15.9 Å². The first kappa shape index (κ1) is 12.1. The molecule has 3 rings (SSSR count). The van der Waals surface area contributed by atoms with E-state index in [1.807, 2.05) is 30.9 Å². The van der Waals surface area contributed by atoms with Crippen LogP contribution in [0.5, 0.6) is 5.75 Å². The molecule has 1 atom stereocenters. The molecule has 0 saturated carbocycles. The summed E-state index contributed by atoms with van der Waals surface area (Å²) in [6.07, 6.45) is 0.922. The monoisotopic (exact) mass is 263 g/mol. The fourth-order valence-corrected chi connectivity index (χ4v) is 3.76. The Bertz CT molecular complexity index is 475. The van der Waals surface area contributed by atoms with Crippen molar-refractivity contribution < 1.29 is 9.53 Å². The van der Waals surface area contributed by atoms with Crippen LogP contribution in [0.3, 0.4) is 0 Å². The summed E-state index contributed by atoms with van der Waals surface area (Å²) in [7, 11) is 2.03. The third-order valence-corrected chi connectivity index (χ3v) is 4.70. The SMILES string of the molecule is CN1CCSCC1C(=O)c1cccc2c1OCC2. The van der Waals surface area contributed by atoms with E-state index in [0.29, 0.717) is 6.61 Å². The number of carbonyl (C=O) groups excluding carboxylic acids is 1. The first-order valence-corrected chi connectivity index (χ1v) is 7.50. The van der Waals surface area contributed by atoms with Gasteiger partial charge in [0.1, 0.15) is 5.75 Å². The van der Waals surface area contributed by atoms with Gasteiger partial charge in [0, 0.05) is 24.5 Å². The molecular weight excluding hydrogens is 246 g/mol. The lowest BCUT2D eigenvalue weighted by molar-refractivity contribution is 0.0871. The first-order chi connectivity index (χ1) is 8.77. The molecule has 1 saturated heterocycles. The highest BCUT2D eigenvalue weighted by atomic mass is 32.2. The first-order valence-electron chi connectivity index (χ1n) is 6.34. The van der Waals surface area contributed by atoms with Crippen molar-refractivity contribution in [2.75, 3.05) is 31.7 Å². The zero-order valence-corrected chi connectivity index (χ0v) is 11.3. The number of hydrogen-bond donors (Lipinski definition) is 0. The molecule has 0 bridgehead atoms. The predicted octanol–water partition coefficient (Wildman–Crippen LogP) is 1.85. The molecule has 0 aromatic heterocycles. The lowest BCUT2D eigenvalue weighted by Crippen LogP contribution is -2.44. The molecule has 1 fully saturated rings. The van der Waals surface area contributed by atoms with Crippen LogP contribution >= 0.6 is 11.8 Å². The summed E-state index contributed by atoms with van der Waals surface area (Å²) in [6, 6.07) is 5.92. The summed E-state index contributed by atoms with van der Waals surface area (Å²) in [6.45, 7) is 1.69. The van der Waals surface area contributed by atoms with Crippen LogP contribution in [0.15, 0.2) is 18.2 Å². The minimum atomic E-state index is -0.000509. The van der Waals surface area contributed by atoms with Crippen molar-refractivity contribution >= 4 is 17.5 Å². The minimum absolute atomic E-state index is 0.000509. The van der Waals surface area contributed by atoms with Gasteiger partial charge in [-0.3, -0.25) is 9.69 Å². The van der Waals surface area contributed by atoms with Crippen molar-refractivity contribution in [1.82, 2.24) is 4.90 Å². The molecule has 96 valence electrons.